The van der Waals surface area contributed by atoms with Crippen LogP contribution >= 0.6 is 0 Å². The summed E-state index contributed by atoms with van der Waals surface area (Å²) < 4.78 is 10.7. The quantitative estimate of drug-likeness (QED) is 0.590. The Balaban J connectivity index is 0.000000451. The summed E-state index contributed by atoms with van der Waals surface area (Å²) in [6, 6.07) is 0. The third kappa shape index (κ3) is 14.4. The Hall–Kier alpha value is -0.450. The van der Waals surface area contributed by atoms with Crippen molar-refractivity contribution in [1.29, 1.82) is 0 Å². The van der Waals surface area contributed by atoms with Crippen molar-refractivity contribution < 1.29 is 14.3 Å². The van der Waals surface area contributed by atoms with E-state index in [9.17, 15) is 4.79 Å². The van der Waals surface area contributed by atoms with E-state index in [1.54, 1.807) is 6.92 Å². The van der Waals surface area contributed by atoms with E-state index in [1.165, 1.54) is 51.6 Å². The number of ether oxygens (including phenoxy) is 2. The monoisotopic (exact) mass is 357 g/mol. The highest BCUT2D eigenvalue weighted by Crippen LogP contribution is 2.23. The van der Waals surface area contributed by atoms with Gasteiger partial charge in [-0.15, -0.1) is 0 Å². The van der Waals surface area contributed by atoms with Crippen LogP contribution in [0.2, 0.25) is 0 Å². The molecule has 25 heavy (non-hydrogen) atoms. The van der Waals surface area contributed by atoms with Gasteiger partial charge in [-0.05, 0) is 52.6 Å². The molecule has 0 unspecified atom stereocenters. The molecule has 2 aliphatic rings. The molecule has 2 rings (SSSR count). The fourth-order valence-corrected chi connectivity index (χ4v) is 3.25. The van der Waals surface area contributed by atoms with Crippen LogP contribution in [0.15, 0.2) is 0 Å². The van der Waals surface area contributed by atoms with Crippen molar-refractivity contribution in [3.63, 3.8) is 0 Å². The van der Waals surface area contributed by atoms with E-state index in [-0.39, 0.29) is 0 Å². The van der Waals surface area contributed by atoms with Gasteiger partial charge in [-0.25, -0.2) is 0 Å². The Morgan fingerprint density at radius 1 is 0.880 bits per heavy atom. The summed E-state index contributed by atoms with van der Waals surface area (Å²) in [7, 11) is 0. The average Bonchev–Trinajstić information content (AvgIpc) is 2.68. The van der Waals surface area contributed by atoms with Gasteiger partial charge in [-0.1, -0.05) is 39.5 Å². The molecule has 1 heterocycles. The summed E-state index contributed by atoms with van der Waals surface area (Å²) in [6.45, 7) is 14.4. The van der Waals surface area contributed by atoms with E-state index >= 15 is 0 Å². The molecule has 1 aliphatic heterocycles. The molecule has 0 radical (unpaired) electrons. The van der Waals surface area contributed by atoms with Crippen LogP contribution in [0.3, 0.4) is 0 Å². The Labute approximate surface area is 156 Å². The third-order valence-electron chi connectivity index (χ3n) is 4.76. The van der Waals surface area contributed by atoms with Crippen molar-refractivity contribution in [1.82, 2.24) is 4.90 Å². The Morgan fingerprint density at radius 3 is 1.96 bits per heavy atom. The number of piperidine rings is 1. The number of hydrogen-bond donors (Lipinski definition) is 0. The number of nitrogens with zero attached hydrogens (tertiary/aromatic N) is 1. The number of Topliss-reactive ketones (excluding diaryl/α,β-unsaturated/α-hetero) is 1. The van der Waals surface area contributed by atoms with Gasteiger partial charge in [0.1, 0.15) is 5.78 Å². The van der Waals surface area contributed by atoms with Gasteiger partial charge in [0.05, 0.1) is 19.8 Å². The molecule has 0 bridgehead atoms. The molecule has 0 N–H and O–H groups in total. The van der Waals surface area contributed by atoms with Crippen molar-refractivity contribution in [3.8, 4) is 0 Å². The summed E-state index contributed by atoms with van der Waals surface area (Å²) in [6.07, 6.45) is 10.3. The molecule has 4 heteroatoms. The van der Waals surface area contributed by atoms with Gasteiger partial charge in [0, 0.05) is 19.1 Å². The van der Waals surface area contributed by atoms with Crippen molar-refractivity contribution in [2.45, 2.75) is 79.1 Å². The van der Waals surface area contributed by atoms with Gasteiger partial charge in [0.15, 0.2) is 0 Å². The zero-order valence-electron chi connectivity index (χ0n) is 17.4. The van der Waals surface area contributed by atoms with E-state index < -0.39 is 0 Å². The Bertz CT molecular complexity index is 285. The van der Waals surface area contributed by atoms with E-state index in [0.717, 1.165) is 45.8 Å². The van der Waals surface area contributed by atoms with Gasteiger partial charge in [-0.3, -0.25) is 4.79 Å². The van der Waals surface area contributed by atoms with Crippen molar-refractivity contribution in [2.24, 2.45) is 5.92 Å². The molecule has 4 nitrogen and oxygen atoms in total. The second-order valence-electron chi connectivity index (χ2n) is 6.66. The lowest BCUT2D eigenvalue weighted by molar-refractivity contribution is -0.121. The van der Waals surface area contributed by atoms with Crippen LogP contribution in [-0.2, 0) is 14.3 Å². The first-order chi connectivity index (χ1) is 12.2. The molecule has 0 spiro atoms. The lowest BCUT2D eigenvalue weighted by atomic mass is 9.87. The summed E-state index contributed by atoms with van der Waals surface area (Å²) in [5, 5.41) is 0. The number of hydrogen-bond acceptors (Lipinski definition) is 4. The molecule has 1 saturated heterocycles. The molecule has 2 fully saturated rings. The van der Waals surface area contributed by atoms with Crippen LogP contribution in [-0.4, -0.2) is 56.7 Å². The summed E-state index contributed by atoms with van der Waals surface area (Å²) >= 11 is 0. The van der Waals surface area contributed by atoms with Crippen LogP contribution in [0, 0.1) is 5.92 Å². The lowest BCUT2D eigenvalue weighted by Crippen LogP contribution is -2.32. The molecule has 0 aromatic carbocycles. The van der Waals surface area contributed by atoms with Crippen LogP contribution in [0.1, 0.15) is 79.1 Å². The third-order valence-corrected chi connectivity index (χ3v) is 4.76. The fourth-order valence-electron chi connectivity index (χ4n) is 3.25. The van der Waals surface area contributed by atoms with Crippen molar-refractivity contribution in [2.75, 3.05) is 46.1 Å². The lowest BCUT2D eigenvalue weighted by Gasteiger charge is -2.26. The van der Waals surface area contributed by atoms with Crippen LogP contribution in [0.25, 0.3) is 0 Å². The van der Waals surface area contributed by atoms with Gasteiger partial charge >= 0.3 is 0 Å². The topological polar surface area (TPSA) is 38.8 Å². The average molecular weight is 358 g/mol. The molecule has 150 valence electrons. The maximum absolute atomic E-state index is 10.8. The molecule has 1 aliphatic carbocycles. The zero-order valence-corrected chi connectivity index (χ0v) is 17.4. The first kappa shape index (κ1) is 24.6. The predicted molar refractivity (Wildman–Crippen MR) is 106 cm³/mol. The minimum Gasteiger partial charge on any atom is -0.379 e. The number of ketones is 1. The largest absolute Gasteiger partial charge is 0.379 e. The minimum atomic E-state index is 0.398. The summed E-state index contributed by atoms with van der Waals surface area (Å²) in [5.41, 5.74) is 0. The highest BCUT2D eigenvalue weighted by molar-refractivity contribution is 5.78. The van der Waals surface area contributed by atoms with Gasteiger partial charge < -0.3 is 14.4 Å². The normalized spacial score (nSPS) is 18.6. The van der Waals surface area contributed by atoms with E-state index in [0.29, 0.717) is 11.7 Å². The molecule has 0 atom stereocenters. The molecular formula is C21H43NO3. The van der Waals surface area contributed by atoms with E-state index in [2.05, 4.69) is 4.90 Å². The zero-order chi connectivity index (χ0) is 18.8. The second-order valence-corrected chi connectivity index (χ2v) is 6.66. The van der Waals surface area contributed by atoms with E-state index in [4.69, 9.17) is 9.47 Å². The SMILES string of the molecule is CC.CC(=O)C1CCCCC1.CCOCCOCCN1CCCCC1. The van der Waals surface area contributed by atoms with Gasteiger partial charge in [0.2, 0.25) is 0 Å². The van der Waals surface area contributed by atoms with Crippen molar-refractivity contribution in [3.05, 3.63) is 0 Å². The standard InChI is InChI=1S/C11H23NO2.C8H14O.C2H6/c1-2-13-10-11-14-9-8-12-6-4-3-5-7-12;1-7(9)8-5-3-2-4-6-8;1-2/h2-11H2,1H3;8H,2-6H2,1H3;1-2H3. The Kier molecular flexibility index (Phi) is 18.0. The van der Waals surface area contributed by atoms with Crippen LogP contribution in [0.4, 0.5) is 0 Å². The minimum absolute atomic E-state index is 0.398. The Morgan fingerprint density at radius 2 is 1.44 bits per heavy atom. The highest BCUT2D eigenvalue weighted by atomic mass is 16.5. The summed E-state index contributed by atoms with van der Waals surface area (Å²) in [4.78, 5) is 13.3. The number of likely N-dealkylation sites (tertiary alicyclic amines) is 1. The summed E-state index contributed by atoms with van der Waals surface area (Å²) in [5.74, 6) is 0.813. The van der Waals surface area contributed by atoms with Crippen LogP contribution in [0.5, 0.6) is 0 Å². The smallest absolute Gasteiger partial charge is 0.132 e. The molecule has 0 aromatic rings. The molecule has 1 saturated carbocycles. The molecule has 0 aromatic heterocycles. The second kappa shape index (κ2) is 18.3. The van der Waals surface area contributed by atoms with Gasteiger partial charge in [-0.2, -0.15) is 0 Å². The number of carbonyl (C=O) groups excluding carboxylic acids is 1. The maximum Gasteiger partial charge on any atom is 0.132 e. The predicted octanol–water partition coefficient (Wildman–Crippen LogP) is 4.71. The first-order valence-corrected chi connectivity index (χ1v) is 10.6. The highest BCUT2D eigenvalue weighted by Gasteiger charge is 2.16. The van der Waals surface area contributed by atoms with Gasteiger partial charge in [0.25, 0.3) is 0 Å². The maximum atomic E-state index is 10.8. The van der Waals surface area contributed by atoms with E-state index in [1.807, 2.05) is 20.8 Å². The first-order valence-electron chi connectivity index (χ1n) is 10.6. The number of carbonyl (C=O) groups is 1. The van der Waals surface area contributed by atoms with Crippen LogP contribution < -0.4 is 0 Å². The molecule has 0 amide bonds. The molecular weight excluding hydrogens is 314 g/mol. The van der Waals surface area contributed by atoms with Crippen molar-refractivity contribution >= 4 is 5.78 Å². The number of rotatable bonds is 8. The fraction of sp³-hybridized carbons (Fsp3) is 0.952.